The van der Waals surface area contributed by atoms with Gasteiger partial charge in [0, 0.05) is 11.8 Å². The minimum absolute atomic E-state index is 0.0892. The van der Waals surface area contributed by atoms with Crippen molar-refractivity contribution in [3.63, 3.8) is 0 Å². The Morgan fingerprint density at radius 3 is 2.69 bits per heavy atom. The van der Waals surface area contributed by atoms with E-state index in [9.17, 15) is 4.79 Å². The fourth-order valence-corrected chi connectivity index (χ4v) is 3.74. The summed E-state index contributed by atoms with van der Waals surface area (Å²) in [6, 6.07) is 13.0. The third kappa shape index (κ3) is 4.41. The van der Waals surface area contributed by atoms with E-state index < -0.39 is 0 Å². The molecule has 1 saturated carbocycles. The summed E-state index contributed by atoms with van der Waals surface area (Å²) in [5.41, 5.74) is 7.34. The lowest BCUT2D eigenvalue weighted by Crippen LogP contribution is -2.36. The smallest absolute Gasteiger partial charge is 0.251 e. The first kappa shape index (κ1) is 18.4. The van der Waals surface area contributed by atoms with Crippen molar-refractivity contribution in [1.82, 2.24) is 10.3 Å². The quantitative estimate of drug-likeness (QED) is 0.835. The Morgan fingerprint density at radius 1 is 1.23 bits per heavy atom. The molecule has 0 aliphatic heterocycles. The highest BCUT2D eigenvalue weighted by atomic mass is 16.5. The topological polar surface area (TPSA) is 77.2 Å². The summed E-state index contributed by atoms with van der Waals surface area (Å²) in [6.45, 7) is 0.747. The Bertz CT molecular complexity index is 712. The first-order valence-corrected chi connectivity index (χ1v) is 9.27. The molecule has 1 atom stereocenters. The molecule has 0 radical (unpaired) electrons. The lowest BCUT2D eigenvalue weighted by molar-refractivity contribution is 0.0905. The second kappa shape index (κ2) is 8.81. The number of rotatable bonds is 6. The molecular formula is C21H27N3O2. The molecule has 3 N–H and O–H groups in total. The van der Waals surface area contributed by atoms with E-state index in [1.807, 2.05) is 30.3 Å². The first-order chi connectivity index (χ1) is 12.7. The molecular weight excluding hydrogens is 326 g/mol. The van der Waals surface area contributed by atoms with Crippen molar-refractivity contribution in [2.24, 2.45) is 17.6 Å². The summed E-state index contributed by atoms with van der Waals surface area (Å²) >= 11 is 0. The molecule has 138 valence electrons. The van der Waals surface area contributed by atoms with E-state index in [1.165, 1.54) is 0 Å². The van der Waals surface area contributed by atoms with Gasteiger partial charge in [0.1, 0.15) is 5.75 Å². The number of amides is 1. The number of carbonyl (C=O) groups excluding carboxylic acids is 1. The molecule has 1 heterocycles. The van der Waals surface area contributed by atoms with Gasteiger partial charge in [-0.25, -0.2) is 0 Å². The summed E-state index contributed by atoms with van der Waals surface area (Å²) in [5, 5.41) is 3.22. The number of nitrogens with one attached hydrogen (secondary N) is 1. The van der Waals surface area contributed by atoms with Crippen LogP contribution in [0.3, 0.4) is 0 Å². The number of carbonyl (C=O) groups is 1. The van der Waals surface area contributed by atoms with Gasteiger partial charge in [-0.1, -0.05) is 12.1 Å². The summed E-state index contributed by atoms with van der Waals surface area (Å²) in [5.74, 6) is 1.56. The predicted molar refractivity (Wildman–Crippen MR) is 102 cm³/mol. The van der Waals surface area contributed by atoms with Crippen molar-refractivity contribution in [3.8, 4) is 5.75 Å². The molecule has 0 spiro atoms. The van der Waals surface area contributed by atoms with Crippen LogP contribution < -0.4 is 15.8 Å². The van der Waals surface area contributed by atoms with Gasteiger partial charge in [0.05, 0.1) is 18.8 Å². The van der Waals surface area contributed by atoms with Crippen LogP contribution in [0.2, 0.25) is 0 Å². The van der Waals surface area contributed by atoms with Crippen molar-refractivity contribution >= 4 is 5.91 Å². The molecule has 1 aromatic heterocycles. The van der Waals surface area contributed by atoms with E-state index in [0.717, 1.165) is 37.9 Å². The SMILES string of the molecule is COc1cccc(C(=O)NC(c2ccccn2)C2CCC(CN)CC2)c1. The molecule has 0 saturated heterocycles. The number of hydrogen-bond acceptors (Lipinski definition) is 4. The van der Waals surface area contributed by atoms with Gasteiger partial charge in [0.2, 0.25) is 0 Å². The maximum absolute atomic E-state index is 12.8. The van der Waals surface area contributed by atoms with Gasteiger partial charge in [-0.3, -0.25) is 9.78 Å². The van der Waals surface area contributed by atoms with E-state index in [4.69, 9.17) is 10.5 Å². The van der Waals surface area contributed by atoms with E-state index in [-0.39, 0.29) is 11.9 Å². The van der Waals surface area contributed by atoms with Crippen LogP contribution in [-0.2, 0) is 0 Å². The van der Waals surface area contributed by atoms with Gasteiger partial charge < -0.3 is 15.8 Å². The summed E-state index contributed by atoms with van der Waals surface area (Å²) in [7, 11) is 1.60. The van der Waals surface area contributed by atoms with Crippen molar-refractivity contribution in [3.05, 3.63) is 59.9 Å². The lowest BCUT2D eigenvalue weighted by Gasteiger charge is -2.33. The van der Waals surface area contributed by atoms with E-state index >= 15 is 0 Å². The van der Waals surface area contributed by atoms with Gasteiger partial charge in [0.25, 0.3) is 5.91 Å². The summed E-state index contributed by atoms with van der Waals surface area (Å²) in [4.78, 5) is 17.4. The maximum atomic E-state index is 12.8. The molecule has 2 aromatic rings. The monoisotopic (exact) mass is 353 g/mol. The Balaban J connectivity index is 1.78. The minimum atomic E-state index is -0.0968. The van der Waals surface area contributed by atoms with Crippen molar-refractivity contribution in [1.29, 1.82) is 0 Å². The van der Waals surface area contributed by atoms with Crippen LogP contribution in [0.4, 0.5) is 0 Å². The van der Waals surface area contributed by atoms with Crippen LogP contribution in [0.5, 0.6) is 5.75 Å². The average Bonchev–Trinajstić information content (AvgIpc) is 2.72. The highest BCUT2D eigenvalue weighted by Gasteiger charge is 2.30. The fourth-order valence-electron chi connectivity index (χ4n) is 3.74. The largest absolute Gasteiger partial charge is 0.497 e. The highest BCUT2D eigenvalue weighted by Crippen LogP contribution is 2.36. The van der Waals surface area contributed by atoms with Crippen LogP contribution in [-0.4, -0.2) is 24.5 Å². The van der Waals surface area contributed by atoms with Gasteiger partial charge >= 0.3 is 0 Å². The van der Waals surface area contributed by atoms with E-state index in [0.29, 0.717) is 23.1 Å². The molecule has 1 fully saturated rings. The molecule has 26 heavy (non-hydrogen) atoms. The number of hydrogen-bond donors (Lipinski definition) is 2. The zero-order chi connectivity index (χ0) is 18.4. The van der Waals surface area contributed by atoms with Crippen LogP contribution in [0, 0.1) is 11.8 Å². The summed E-state index contributed by atoms with van der Waals surface area (Å²) in [6.07, 6.45) is 6.12. The van der Waals surface area contributed by atoms with Gasteiger partial charge in [-0.05, 0) is 74.4 Å². The molecule has 1 aromatic carbocycles. The fraction of sp³-hybridized carbons (Fsp3) is 0.429. The standard InChI is InChI=1S/C21H27N3O2/c1-26-18-6-4-5-17(13-18)21(25)24-20(19-7-2-3-12-23-19)16-10-8-15(14-22)9-11-16/h2-7,12-13,15-16,20H,8-11,14,22H2,1H3,(H,24,25). The second-order valence-electron chi connectivity index (χ2n) is 6.95. The Hall–Kier alpha value is -2.40. The van der Waals surface area contributed by atoms with Gasteiger partial charge in [-0.2, -0.15) is 0 Å². The second-order valence-corrected chi connectivity index (χ2v) is 6.95. The Labute approximate surface area is 155 Å². The molecule has 0 bridgehead atoms. The Kier molecular flexibility index (Phi) is 6.23. The molecule has 1 aliphatic carbocycles. The maximum Gasteiger partial charge on any atom is 0.251 e. The lowest BCUT2D eigenvalue weighted by atomic mass is 9.77. The molecule has 1 amide bonds. The zero-order valence-corrected chi connectivity index (χ0v) is 15.2. The number of nitrogens with zero attached hydrogens (tertiary/aromatic N) is 1. The summed E-state index contributed by atoms with van der Waals surface area (Å²) < 4.78 is 5.23. The van der Waals surface area contributed by atoms with Crippen LogP contribution >= 0.6 is 0 Å². The first-order valence-electron chi connectivity index (χ1n) is 9.27. The average molecular weight is 353 g/mol. The number of methoxy groups -OCH3 is 1. The third-order valence-electron chi connectivity index (χ3n) is 5.32. The number of aromatic nitrogens is 1. The zero-order valence-electron chi connectivity index (χ0n) is 15.2. The molecule has 5 heteroatoms. The van der Waals surface area contributed by atoms with Gasteiger partial charge in [0.15, 0.2) is 0 Å². The van der Waals surface area contributed by atoms with Crippen molar-refractivity contribution < 1.29 is 9.53 Å². The molecule has 3 rings (SSSR count). The number of pyridine rings is 1. The van der Waals surface area contributed by atoms with Crippen LogP contribution in [0.1, 0.15) is 47.8 Å². The van der Waals surface area contributed by atoms with E-state index in [2.05, 4.69) is 10.3 Å². The van der Waals surface area contributed by atoms with Gasteiger partial charge in [-0.15, -0.1) is 0 Å². The highest BCUT2D eigenvalue weighted by molar-refractivity contribution is 5.94. The number of benzene rings is 1. The third-order valence-corrected chi connectivity index (χ3v) is 5.32. The Morgan fingerprint density at radius 2 is 2.04 bits per heavy atom. The van der Waals surface area contributed by atoms with Crippen LogP contribution in [0.25, 0.3) is 0 Å². The number of ether oxygens (including phenoxy) is 1. The molecule has 5 nitrogen and oxygen atoms in total. The predicted octanol–water partition coefficient (Wildman–Crippen LogP) is 3.33. The van der Waals surface area contributed by atoms with Crippen molar-refractivity contribution in [2.75, 3.05) is 13.7 Å². The molecule has 1 unspecified atom stereocenters. The van der Waals surface area contributed by atoms with Crippen molar-refractivity contribution in [2.45, 2.75) is 31.7 Å². The molecule has 1 aliphatic rings. The van der Waals surface area contributed by atoms with E-state index in [1.54, 1.807) is 25.4 Å². The van der Waals surface area contributed by atoms with Crippen LogP contribution in [0.15, 0.2) is 48.7 Å². The number of nitrogens with two attached hydrogens (primary N) is 1. The normalized spacial score (nSPS) is 21.0. The minimum Gasteiger partial charge on any atom is -0.497 e.